The normalized spacial score (nSPS) is 15.1. The third kappa shape index (κ3) is 5.05. The first-order chi connectivity index (χ1) is 10.3. The lowest BCUT2D eigenvalue weighted by molar-refractivity contribution is -0.134. The van der Waals surface area contributed by atoms with Gasteiger partial charge in [-0.05, 0) is 37.9 Å². The third-order valence-electron chi connectivity index (χ3n) is 4.02. The van der Waals surface area contributed by atoms with Gasteiger partial charge in [0, 0.05) is 12.6 Å². The molecule has 1 aliphatic carbocycles. The summed E-state index contributed by atoms with van der Waals surface area (Å²) in [7, 11) is 0. The molecule has 1 amide bonds. The van der Waals surface area contributed by atoms with Crippen LogP contribution in [0.2, 0.25) is 0 Å². The van der Waals surface area contributed by atoms with Gasteiger partial charge in [0.25, 0.3) is 0 Å². The second kappa shape index (κ2) is 8.67. The summed E-state index contributed by atoms with van der Waals surface area (Å²) in [5.74, 6) is 1.02. The van der Waals surface area contributed by atoms with Crippen molar-refractivity contribution in [3.05, 3.63) is 30.3 Å². The van der Waals surface area contributed by atoms with Gasteiger partial charge in [-0.1, -0.05) is 31.0 Å². The van der Waals surface area contributed by atoms with Crippen LogP contribution in [0.4, 0.5) is 0 Å². The van der Waals surface area contributed by atoms with E-state index in [-0.39, 0.29) is 5.91 Å². The van der Waals surface area contributed by atoms with E-state index in [0.29, 0.717) is 25.6 Å². The van der Waals surface area contributed by atoms with Crippen LogP contribution in [-0.4, -0.2) is 36.5 Å². The van der Waals surface area contributed by atoms with E-state index in [1.165, 1.54) is 12.8 Å². The Morgan fingerprint density at radius 1 is 1.24 bits per heavy atom. The number of hydrogen-bond donors (Lipinski definition) is 1. The summed E-state index contributed by atoms with van der Waals surface area (Å²) in [6, 6.07) is 10.1. The Labute approximate surface area is 127 Å². The Morgan fingerprint density at radius 3 is 2.62 bits per heavy atom. The van der Waals surface area contributed by atoms with Crippen LogP contribution in [0, 0.1) is 0 Å². The maximum absolute atomic E-state index is 12.4. The Bertz CT molecular complexity index is 416. The largest absolute Gasteiger partial charge is 0.493 e. The summed E-state index contributed by atoms with van der Waals surface area (Å²) in [6.07, 6.45) is 6.05. The minimum absolute atomic E-state index is 0.200. The topological polar surface area (TPSA) is 55.6 Å². The molecule has 2 N–H and O–H groups in total. The predicted octanol–water partition coefficient (Wildman–Crippen LogP) is 2.58. The van der Waals surface area contributed by atoms with Crippen molar-refractivity contribution in [3.8, 4) is 5.75 Å². The van der Waals surface area contributed by atoms with Crippen LogP contribution in [0.3, 0.4) is 0 Å². The van der Waals surface area contributed by atoms with Crippen molar-refractivity contribution in [3.63, 3.8) is 0 Å². The van der Waals surface area contributed by atoms with E-state index in [2.05, 4.69) is 0 Å². The van der Waals surface area contributed by atoms with Crippen LogP contribution in [-0.2, 0) is 4.79 Å². The van der Waals surface area contributed by atoms with Crippen molar-refractivity contribution in [1.82, 2.24) is 4.90 Å². The number of amides is 1. The maximum atomic E-state index is 12.4. The number of rotatable bonds is 8. The molecule has 0 spiro atoms. The van der Waals surface area contributed by atoms with Crippen LogP contribution >= 0.6 is 0 Å². The van der Waals surface area contributed by atoms with Crippen LogP contribution in [0.15, 0.2) is 30.3 Å². The molecule has 4 nitrogen and oxygen atoms in total. The zero-order chi connectivity index (χ0) is 14.9. The van der Waals surface area contributed by atoms with Crippen molar-refractivity contribution < 1.29 is 9.53 Å². The van der Waals surface area contributed by atoms with E-state index in [1.54, 1.807) is 0 Å². The fraction of sp³-hybridized carbons (Fsp3) is 0.588. The smallest absolute Gasteiger partial charge is 0.226 e. The van der Waals surface area contributed by atoms with Gasteiger partial charge in [-0.15, -0.1) is 0 Å². The zero-order valence-corrected chi connectivity index (χ0v) is 12.7. The van der Waals surface area contributed by atoms with Gasteiger partial charge < -0.3 is 15.4 Å². The van der Waals surface area contributed by atoms with Gasteiger partial charge in [0.1, 0.15) is 5.75 Å². The van der Waals surface area contributed by atoms with Crippen LogP contribution in [0.25, 0.3) is 0 Å². The summed E-state index contributed by atoms with van der Waals surface area (Å²) in [5.41, 5.74) is 5.59. The second-order valence-corrected chi connectivity index (χ2v) is 5.58. The first-order valence-electron chi connectivity index (χ1n) is 7.98. The molecule has 0 unspecified atom stereocenters. The van der Waals surface area contributed by atoms with Gasteiger partial charge >= 0.3 is 0 Å². The van der Waals surface area contributed by atoms with E-state index in [9.17, 15) is 4.79 Å². The van der Waals surface area contributed by atoms with E-state index in [0.717, 1.165) is 31.6 Å². The van der Waals surface area contributed by atoms with Crippen molar-refractivity contribution in [1.29, 1.82) is 0 Å². The summed E-state index contributed by atoms with van der Waals surface area (Å²) in [4.78, 5) is 14.5. The lowest BCUT2D eigenvalue weighted by Crippen LogP contribution is -2.40. The molecule has 21 heavy (non-hydrogen) atoms. The monoisotopic (exact) mass is 290 g/mol. The summed E-state index contributed by atoms with van der Waals surface area (Å²) in [6.45, 7) is 1.86. The molecule has 1 aromatic carbocycles. The second-order valence-electron chi connectivity index (χ2n) is 5.58. The van der Waals surface area contributed by atoms with Crippen molar-refractivity contribution in [2.75, 3.05) is 19.7 Å². The molecule has 0 heterocycles. The van der Waals surface area contributed by atoms with Gasteiger partial charge in [-0.2, -0.15) is 0 Å². The molecule has 0 aliphatic heterocycles. The molecular formula is C17H26N2O2. The maximum Gasteiger partial charge on any atom is 0.226 e. The van der Waals surface area contributed by atoms with Gasteiger partial charge in [0.2, 0.25) is 5.91 Å². The highest BCUT2D eigenvalue weighted by molar-refractivity contribution is 5.76. The van der Waals surface area contributed by atoms with Gasteiger partial charge in [0.15, 0.2) is 0 Å². The van der Waals surface area contributed by atoms with Crippen molar-refractivity contribution >= 4 is 5.91 Å². The van der Waals surface area contributed by atoms with Gasteiger partial charge in [-0.25, -0.2) is 0 Å². The average Bonchev–Trinajstić information content (AvgIpc) is 3.03. The Hall–Kier alpha value is -1.55. The van der Waals surface area contributed by atoms with Crippen molar-refractivity contribution in [2.24, 2.45) is 5.73 Å². The summed E-state index contributed by atoms with van der Waals surface area (Å²) < 4.78 is 5.62. The zero-order valence-electron chi connectivity index (χ0n) is 12.7. The van der Waals surface area contributed by atoms with Gasteiger partial charge in [-0.3, -0.25) is 4.79 Å². The fourth-order valence-electron chi connectivity index (χ4n) is 2.90. The molecule has 4 heteroatoms. The minimum atomic E-state index is 0.200. The average molecular weight is 290 g/mol. The number of hydrogen-bond acceptors (Lipinski definition) is 3. The quantitative estimate of drug-likeness (QED) is 0.800. The molecule has 116 valence electrons. The van der Waals surface area contributed by atoms with E-state index in [4.69, 9.17) is 10.5 Å². The molecule has 1 aromatic rings. The number of nitrogens with two attached hydrogens (primary N) is 1. The number of ether oxygens (including phenoxy) is 1. The highest BCUT2D eigenvalue weighted by Crippen LogP contribution is 2.24. The Balaban J connectivity index is 1.80. The molecule has 0 bridgehead atoms. The molecule has 1 fully saturated rings. The number of nitrogens with zero attached hydrogens (tertiary/aromatic N) is 1. The molecule has 2 rings (SSSR count). The van der Waals surface area contributed by atoms with Crippen molar-refractivity contribution in [2.45, 2.75) is 44.6 Å². The minimum Gasteiger partial charge on any atom is -0.493 e. The van der Waals surface area contributed by atoms with Crippen LogP contribution in [0.1, 0.15) is 38.5 Å². The van der Waals surface area contributed by atoms with E-state index in [1.807, 2.05) is 35.2 Å². The first-order valence-corrected chi connectivity index (χ1v) is 7.98. The summed E-state index contributed by atoms with van der Waals surface area (Å²) >= 11 is 0. The molecule has 1 aliphatic rings. The standard InChI is InChI=1S/C17H26N2O2/c18-12-6-13-19(15-7-4-5-8-15)17(20)11-14-21-16-9-2-1-3-10-16/h1-3,9-10,15H,4-8,11-14,18H2. The Kier molecular flexibility index (Phi) is 6.54. The lowest BCUT2D eigenvalue weighted by Gasteiger charge is -2.29. The van der Waals surface area contributed by atoms with Gasteiger partial charge in [0.05, 0.1) is 13.0 Å². The molecule has 0 saturated heterocycles. The van der Waals surface area contributed by atoms with E-state index < -0.39 is 0 Å². The lowest BCUT2D eigenvalue weighted by atomic mass is 10.2. The summed E-state index contributed by atoms with van der Waals surface area (Å²) in [5, 5.41) is 0. The predicted molar refractivity (Wildman–Crippen MR) is 84.2 cm³/mol. The molecule has 1 saturated carbocycles. The van der Waals surface area contributed by atoms with Crippen LogP contribution in [0.5, 0.6) is 5.75 Å². The highest BCUT2D eigenvalue weighted by atomic mass is 16.5. The number of carbonyl (C=O) groups excluding carboxylic acids is 1. The number of carbonyl (C=O) groups is 1. The fourth-order valence-corrected chi connectivity index (χ4v) is 2.90. The van der Waals surface area contributed by atoms with Crippen LogP contribution < -0.4 is 10.5 Å². The number of benzene rings is 1. The SMILES string of the molecule is NCCCN(C(=O)CCOc1ccccc1)C1CCCC1. The van der Waals surface area contributed by atoms with E-state index >= 15 is 0 Å². The Morgan fingerprint density at radius 2 is 1.95 bits per heavy atom. The molecule has 0 aromatic heterocycles. The molecule has 0 atom stereocenters. The third-order valence-corrected chi connectivity index (χ3v) is 4.02. The molecular weight excluding hydrogens is 264 g/mol. The first kappa shape index (κ1) is 15.8. The number of para-hydroxylation sites is 1. The highest BCUT2D eigenvalue weighted by Gasteiger charge is 2.25. The molecule has 0 radical (unpaired) electrons.